The molecule has 1 heterocycles. The SMILES string of the molecule is CC1CCC(Nc2cncc(Cl)n2)(C(=O)O)CC1. The third-order valence-corrected chi connectivity index (χ3v) is 3.69. The van der Waals surface area contributed by atoms with Crippen LogP contribution in [0.5, 0.6) is 0 Å². The highest BCUT2D eigenvalue weighted by atomic mass is 35.5. The lowest BCUT2D eigenvalue weighted by atomic mass is 9.77. The van der Waals surface area contributed by atoms with Gasteiger partial charge >= 0.3 is 5.97 Å². The summed E-state index contributed by atoms with van der Waals surface area (Å²) in [7, 11) is 0. The lowest BCUT2D eigenvalue weighted by molar-refractivity contribution is -0.143. The molecule has 5 nitrogen and oxygen atoms in total. The number of carboxylic acids is 1. The number of carbonyl (C=O) groups is 1. The number of aromatic nitrogens is 2. The number of hydrogen-bond acceptors (Lipinski definition) is 4. The summed E-state index contributed by atoms with van der Waals surface area (Å²) in [6.07, 6.45) is 5.90. The summed E-state index contributed by atoms with van der Waals surface area (Å²) in [4.78, 5) is 19.5. The molecule has 0 atom stereocenters. The molecular formula is C12H16ClN3O2. The fourth-order valence-corrected chi connectivity index (χ4v) is 2.44. The molecule has 2 N–H and O–H groups in total. The Morgan fingerprint density at radius 1 is 1.50 bits per heavy atom. The van der Waals surface area contributed by atoms with E-state index in [4.69, 9.17) is 11.6 Å². The molecular weight excluding hydrogens is 254 g/mol. The van der Waals surface area contributed by atoms with Crippen molar-refractivity contribution in [1.29, 1.82) is 0 Å². The Morgan fingerprint density at radius 2 is 2.17 bits per heavy atom. The Kier molecular flexibility index (Phi) is 3.71. The summed E-state index contributed by atoms with van der Waals surface area (Å²) in [5.41, 5.74) is -0.939. The van der Waals surface area contributed by atoms with Crippen molar-refractivity contribution in [2.75, 3.05) is 5.32 Å². The highest BCUT2D eigenvalue weighted by Gasteiger charge is 2.41. The second kappa shape index (κ2) is 5.10. The second-order valence-electron chi connectivity index (χ2n) is 4.92. The molecule has 2 rings (SSSR count). The molecule has 0 spiro atoms. The summed E-state index contributed by atoms with van der Waals surface area (Å²) in [5.74, 6) is 0.153. The molecule has 0 aromatic carbocycles. The van der Waals surface area contributed by atoms with Crippen molar-refractivity contribution in [3.8, 4) is 0 Å². The van der Waals surface area contributed by atoms with Crippen LogP contribution in [0.4, 0.5) is 5.82 Å². The third kappa shape index (κ3) is 2.72. The minimum atomic E-state index is -0.939. The first-order chi connectivity index (χ1) is 8.52. The lowest BCUT2D eigenvalue weighted by Crippen LogP contribution is -2.49. The van der Waals surface area contributed by atoms with Gasteiger partial charge in [-0.2, -0.15) is 0 Å². The summed E-state index contributed by atoms with van der Waals surface area (Å²) in [6.45, 7) is 2.14. The first-order valence-electron chi connectivity index (χ1n) is 6.01. The van der Waals surface area contributed by atoms with E-state index in [-0.39, 0.29) is 5.15 Å². The Balaban J connectivity index is 2.19. The molecule has 1 saturated carbocycles. The predicted molar refractivity (Wildman–Crippen MR) is 68.7 cm³/mol. The van der Waals surface area contributed by atoms with Crippen molar-refractivity contribution >= 4 is 23.4 Å². The molecule has 6 heteroatoms. The van der Waals surface area contributed by atoms with E-state index in [2.05, 4.69) is 22.2 Å². The summed E-state index contributed by atoms with van der Waals surface area (Å²) >= 11 is 5.75. The van der Waals surface area contributed by atoms with Crippen molar-refractivity contribution in [3.63, 3.8) is 0 Å². The predicted octanol–water partition coefficient (Wildman–Crippen LogP) is 2.58. The molecule has 1 aromatic heterocycles. The van der Waals surface area contributed by atoms with Crippen LogP contribution in [0.2, 0.25) is 5.15 Å². The third-order valence-electron chi connectivity index (χ3n) is 3.51. The molecule has 0 saturated heterocycles. The molecule has 0 radical (unpaired) electrons. The van der Waals surface area contributed by atoms with Crippen LogP contribution < -0.4 is 5.32 Å². The molecule has 1 aliphatic rings. The summed E-state index contributed by atoms with van der Waals surface area (Å²) in [5, 5.41) is 12.7. The standard InChI is InChI=1S/C12H16ClN3O2/c1-8-2-4-12(5-3-8,11(17)18)16-10-7-14-6-9(13)15-10/h6-8H,2-5H2,1H3,(H,15,16)(H,17,18). The zero-order valence-electron chi connectivity index (χ0n) is 10.2. The van der Waals surface area contributed by atoms with Crippen molar-refractivity contribution in [1.82, 2.24) is 9.97 Å². The average Bonchev–Trinajstić information content (AvgIpc) is 2.32. The van der Waals surface area contributed by atoms with E-state index in [1.165, 1.54) is 12.4 Å². The van der Waals surface area contributed by atoms with Crippen LogP contribution in [0.25, 0.3) is 0 Å². The minimum Gasteiger partial charge on any atom is -0.480 e. The Bertz CT molecular complexity index is 445. The van der Waals surface area contributed by atoms with Gasteiger partial charge in [-0.1, -0.05) is 18.5 Å². The van der Waals surface area contributed by atoms with E-state index < -0.39 is 11.5 Å². The highest BCUT2D eigenvalue weighted by molar-refractivity contribution is 6.29. The number of nitrogens with one attached hydrogen (secondary N) is 1. The van der Waals surface area contributed by atoms with Crippen LogP contribution in [-0.4, -0.2) is 26.6 Å². The van der Waals surface area contributed by atoms with Crippen molar-refractivity contribution in [2.45, 2.75) is 38.1 Å². The fraction of sp³-hybridized carbons (Fsp3) is 0.583. The summed E-state index contributed by atoms with van der Waals surface area (Å²) in [6, 6.07) is 0. The van der Waals surface area contributed by atoms with Crippen LogP contribution in [0.1, 0.15) is 32.6 Å². The van der Waals surface area contributed by atoms with Crippen LogP contribution in [0, 0.1) is 5.92 Å². The van der Waals surface area contributed by atoms with Gasteiger partial charge in [0.2, 0.25) is 0 Å². The first kappa shape index (κ1) is 13.1. The van der Waals surface area contributed by atoms with Crippen LogP contribution in [-0.2, 0) is 4.79 Å². The fourth-order valence-electron chi connectivity index (χ4n) is 2.29. The highest BCUT2D eigenvalue weighted by Crippen LogP contribution is 2.34. The number of halogens is 1. The van der Waals surface area contributed by atoms with Gasteiger partial charge in [0.05, 0.1) is 12.4 Å². The van der Waals surface area contributed by atoms with E-state index in [9.17, 15) is 9.90 Å². The van der Waals surface area contributed by atoms with Gasteiger partial charge in [0.1, 0.15) is 16.5 Å². The minimum absolute atomic E-state index is 0.254. The van der Waals surface area contributed by atoms with Gasteiger partial charge in [0.15, 0.2) is 0 Å². The van der Waals surface area contributed by atoms with Gasteiger partial charge in [-0.25, -0.2) is 9.78 Å². The topological polar surface area (TPSA) is 75.1 Å². The maximum Gasteiger partial charge on any atom is 0.329 e. The average molecular weight is 270 g/mol. The van der Waals surface area contributed by atoms with Crippen molar-refractivity contribution < 1.29 is 9.90 Å². The number of aliphatic carboxylic acids is 1. The van der Waals surface area contributed by atoms with Gasteiger partial charge in [-0.05, 0) is 31.6 Å². The van der Waals surface area contributed by atoms with Gasteiger partial charge in [-0.15, -0.1) is 0 Å². The summed E-state index contributed by atoms with van der Waals surface area (Å²) < 4.78 is 0. The number of hydrogen-bond donors (Lipinski definition) is 2. The molecule has 98 valence electrons. The van der Waals surface area contributed by atoms with E-state index in [1.807, 2.05) is 0 Å². The monoisotopic (exact) mass is 269 g/mol. The van der Waals surface area contributed by atoms with Crippen molar-refractivity contribution in [3.05, 3.63) is 17.5 Å². The van der Waals surface area contributed by atoms with Gasteiger partial charge in [0, 0.05) is 0 Å². The van der Waals surface area contributed by atoms with E-state index in [0.29, 0.717) is 24.6 Å². The number of anilines is 1. The molecule has 0 unspecified atom stereocenters. The van der Waals surface area contributed by atoms with Gasteiger partial charge in [0.25, 0.3) is 0 Å². The largest absolute Gasteiger partial charge is 0.480 e. The molecule has 0 amide bonds. The van der Waals surface area contributed by atoms with E-state index >= 15 is 0 Å². The van der Waals surface area contributed by atoms with Crippen molar-refractivity contribution in [2.24, 2.45) is 5.92 Å². The zero-order chi connectivity index (χ0) is 13.2. The first-order valence-corrected chi connectivity index (χ1v) is 6.39. The van der Waals surface area contributed by atoms with E-state index in [1.54, 1.807) is 0 Å². The lowest BCUT2D eigenvalue weighted by Gasteiger charge is -2.36. The normalized spacial score (nSPS) is 27.8. The Labute approximate surface area is 111 Å². The van der Waals surface area contributed by atoms with Gasteiger partial charge in [-0.3, -0.25) is 4.98 Å². The number of rotatable bonds is 3. The van der Waals surface area contributed by atoms with Crippen LogP contribution >= 0.6 is 11.6 Å². The second-order valence-corrected chi connectivity index (χ2v) is 5.31. The Hall–Kier alpha value is -1.36. The van der Waals surface area contributed by atoms with Crippen LogP contribution in [0.3, 0.4) is 0 Å². The number of carboxylic acid groups (broad SMARTS) is 1. The molecule has 1 aliphatic carbocycles. The quantitative estimate of drug-likeness (QED) is 0.882. The Morgan fingerprint density at radius 3 is 2.72 bits per heavy atom. The molecule has 0 aliphatic heterocycles. The molecule has 1 aromatic rings. The molecule has 1 fully saturated rings. The smallest absolute Gasteiger partial charge is 0.329 e. The molecule has 0 bridgehead atoms. The number of nitrogens with zero attached hydrogens (tertiary/aromatic N) is 2. The van der Waals surface area contributed by atoms with E-state index in [0.717, 1.165) is 12.8 Å². The van der Waals surface area contributed by atoms with Crippen LogP contribution in [0.15, 0.2) is 12.4 Å². The van der Waals surface area contributed by atoms with Gasteiger partial charge < -0.3 is 10.4 Å². The maximum absolute atomic E-state index is 11.5. The zero-order valence-corrected chi connectivity index (χ0v) is 10.9. The maximum atomic E-state index is 11.5. The molecule has 18 heavy (non-hydrogen) atoms.